The van der Waals surface area contributed by atoms with Gasteiger partial charge in [0.05, 0.1) is 5.41 Å². The largest absolute Gasteiger partial charge is 0.324 e. The van der Waals surface area contributed by atoms with E-state index < -0.39 is 5.41 Å². The molecule has 1 aliphatic heterocycles. The van der Waals surface area contributed by atoms with Crippen molar-refractivity contribution in [2.75, 3.05) is 11.9 Å². The van der Waals surface area contributed by atoms with Crippen LogP contribution in [0.1, 0.15) is 51.7 Å². The van der Waals surface area contributed by atoms with Crippen molar-refractivity contribution in [3.8, 4) is 0 Å². The van der Waals surface area contributed by atoms with E-state index in [0.29, 0.717) is 12.8 Å². The third-order valence-electron chi connectivity index (χ3n) is 6.81. The maximum absolute atomic E-state index is 13.0. The number of benzene rings is 1. The number of anilines is 1. The molecule has 26 heavy (non-hydrogen) atoms. The first kappa shape index (κ1) is 18.6. The van der Waals surface area contributed by atoms with Crippen LogP contribution in [-0.4, -0.2) is 29.2 Å². The minimum Gasteiger partial charge on any atom is -0.324 e. The number of amides is 3. The van der Waals surface area contributed by atoms with E-state index in [1.807, 2.05) is 52.8 Å². The van der Waals surface area contributed by atoms with Crippen molar-refractivity contribution >= 4 is 23.4 Å². The normalized spacial score (nSPS) is 27.0. The standard InChI is InChI=1S/C21H28N2O3/c1-6-14-9-7-8-13(2)17(14)22-16(24)12-23-18(25)15-10-11-21(5,19(23)26)20(15,3)4/h7-9,15H,6,10-12H2,1-5H3,(H,22,24). The fourth-order valence-electron chi connectivity index (χ4n) is 4.58. The van der Waals surface area contributed by atoms with Gasteiger partial charge in [-0.2, -0.15) is 0 Å². The molecule has 3 rings (SSSR count). The second-order valence-electron chi connectivity index (χ2n) is 8.39. The Labute approximate surface area is 155 Å². The smallest absolute Gasteiger partial charge is 0.244 e. The number of piperidine rings is 1. The van der Waals surface area contributed by atoms with Crippen LogP contribution in [0.2, 0.25) is 0 Å². The Morgan fingerprint density at radius 1 is 1.27 bits per heavy atom. The molecule has 140 valence electrons. The maximum atomic E-state index is 13.0. The minimum atomic E-state index is -0.580. The summed E-state index contributed by atoms with van der Waals surface area (Å²) in [4.78, 5) is 39.7. The van der Waals surface area contributed by atoms with Crippen LogP contribution in [0.15, 0.2) is 18.2 Å². The number of carbonyl (C=O) groups excluding carboxylic acids is 3. The van der Waals surface area contributed by atoms with Crippen LogP contribution >= 0.6 is 0 Å². The molecule has 5 heteroatoms. The van der Waals surface area contributed by atoms with Crippen molar-refractivity contribution in [3.05, 3.63) is 29.3 Å². The zero-order valence-corrected chi connectivity index (χ0v) is 16.3. The van der Waals surface area contributed by atoms with Gasteiger partial charge in [-0.25, -0.2) is 0 Å². The molecule has 2 atom stereocenters. The van der Waals surface area contributed by atoms with Gasteiger partial charge in [-0.05, 0) is 42.7 Å². The van der Waals surface area contributed by atoms with Crippen LogP contribution in [0, 0.1) is 23.7 Å². The number of para-hydroxylation sites is 1. The molecule has 2 unspecified atom stereocenters. The fourth-order valence-corrected chi connectivity index (χ4v) is 4.58. The van der Waals surface area contributed by atoms with Gasteiger partial charge >= 0.3 is 0 Å². The Morgan fingerprint density at radius 3 is 2.62 bits per heavy atom. The van der Waals surface area contributed by atoms with Crippen LogP contribution in [0.25, 0.3) is 0 Å². The number of likely N-dealkylation sites (tertiary alicyclic amines) is 1. The highest BCUT2D eigenvalue weighted by Gasteiger charge is 2.64. The van der Waals surface area contributed by atoms with Gasteiger partial charge < -0.3 is 5.32 Å². The third kappa shape index (κ3) is 2.56. The molecule has 2 fully saturated rings. The lowest BCUT2D eigenvalue weighted by Gasteiger charge is -2.47. The molecule has 0 spiro atoms. The lowest BCUT2D eigenvalue weighted by Crippen LogP contribution is -2.60. The van der Waals surface area contributed by atoms with Crippen LogP contribution in [0.4, 0.5) is 5.69 Å². The minimum absolute atomic E-state index is 0.192. The number of rotatable bonds is 4. The molecule has 1 aliphatic carbocycles. The molecule has 1 aromatic rings. The molecule has 3 amide bonds. The number of fused-ring (bicyclic) bond motifs is 2. The molecular formula is C21H28N2O3. The number of hydrogen-bond acceptors (Lipinski definition) is 3. The molecule has 1 saturated carbocycles. The van der Waals surface area contributed by atoms with Gasteiger partial charge in [0.15, 0.2) is 0 Å². The average molecular weight is 356 g/mol. The monoisotopic (exact) mass is 356 g/mol. The van der Waals surface area contributed by atoms with Gasteiger partial charge in [0.2, 0.25) is 17.7 Å². The Bertz CT molecular complexity index is 783. The summed E-state index contributed by atoms with van der Waals surface area (Å²) >= 11 is 0. The molecule has 5 nitrogen and oxygen atoms in total. The van der Waals surface area contributed by atoms with Crippen LogP contribution in [0.5, 0.6) is 0 Å². The SMILES string of the molecule is CCc1cccc(C)c1NC(=O)CN1C(=O)C2CCC(C)(C1=O)C2(C)C. The van der Waals surface area contributed by atoms with E-state index >= 15 is 0 Å². The number of aryl methyl sites for hydroxylation is 2. The van der Waals surface area contributed by atoms with Crippen LogP contribution in [-0.2, 0) is 20.8 Å². The number of carbonyl (C=O) groups is 3. The van der Waals surface area contributed by atoms with Gasteiger partial charge in [0, 0.05) is 11.6 Å². The fraction of sp³-hybridized carbons (Fsp3) is 0.571. The lowest BCUT2D eigenvalue weighted by atomic mass is 9.62. The van der Waals surface area contributed by atoms with Gasteiger partial charge in [-0.15, -0.1) is 0 Å². The van der Waals surface area contributed by atoms with E-state index in [1.165, 1.54) is 4.90 Å². The molecule has 1 N–H and O–H groups in total. The van der Waals surface area contributed by atoms with Gasteiger partial charge in [0.25, 0.3) is 0 Å². The van der Waals surface area contributed by atoms with E-state index in [2.05, 4.69) is 5.32 Å². The van der Waals surface area contributed by atoms with E-state index in [4.69, 9.17) is 0 Å². The van der Waals surface area contributed by atoms with Crippen molar-refractivity contribution in [1.29, 1.82) is 0 Å². The number of nitrogens with zero attached hydrogens (tertiary/aromatic N) is 1. The van der Waals surface area contributed by atoms with Crippen molar-refractivity contribution in [2.24, 2.45) is 16.7 Å². The van der Waals surface area contributed by atoms with E-state index in [-0.39, 0.29) is 35.6 Å². The number of hydrogen-bond donors (Lipinski definition) is 1. The van der Waals surface area contributed by atoms with E-state index in [9.17, 15) is 14.4 Å². The van der Waals surface area contributed by atoms with Crippen molar-refractivity contribution in [2.45, 2.75) is 53.9 Å². The lowest BCUT2D eigenvalue weighted by molar-refractivity contribution is -0.168. The van der Waals surface area contributed by atoms with Gasteiger partial charge in [0.1, 0.15) is 6.54 Å². The molecule has 2 bridgehead atoms. The summed E-state index contributed by atoms with van der Waals surface area (Å²) in [6, 6.07) is 5.88. The van der Waals surface area contributed by atoms with E-state index in [0.717, 1.165) is 23.2 Å². The Kier molecular flexibility index (Phi) is 4.45. The summed E-state index contributed by atoms with van der Waals surface area (Å²) < 4.78 is 0. The van der Waals surface area contributed by atoms with Crippen molar-refractivity contribution in [3.63, 3.8) is 0 Å². The van der Waals surface area contributed by atoms with Crippen LogP contribution < -0.4 is 5.32 Å². The molecule has 0 aromatic heterocycles. The predicted molar refractivity (Wildman–Crippen MR) is 101 cm³/mol. The van der Waals surface area contributed by atoms with Crippen molar-refractivity contribution < 1.29 is 14.4 Å². The molecule has 1 heterocycles. The first-order valence-corrected chi connectivity index (χ1v) is 9.37. The van der Waals surface area contributed by atoms with E-state index in [1.54, 1.807) is 0 Å². The summed E-state index contributed by atoms with van der Waals surface area (Å²) in [6.45, 7) is 9.69. The zero-order valence-electron chi connectivity index (χ0n) is 16.3. The molecule has 1 saturated heterocycles. The Morgan fingerprint density at radius 2 is 1.96 bits per heavy atom. The Hall–Kier alpha value is -2.17. The summed E-state index contributed by atoms with van der Waals surface area (Å²) in [5.74, 6) is -0.927. The van der Waals surface area contributed by atoms with Crippen LogP contribution in [0.3, 0.4) is 0 Å². The predicted octanol–water partition coefficient (Wildman–Crippen LogP) is 3.31. The average Bonchev–Trinajstić information content (AvgIpc) is 2.78. The quantitative estimate of drug-likeness (QED) is 0.842. The highest BCUT2D eigenvalue weighted by Crippen LogP contribution is 2.59. The highest BCUT2D eigenvalue weighted by molar-refractivity contribution is 6.07. The number of imide groups is 1. The summed E-state index contributed by atoms with van der Waals surface area (Å²) in [5.41, 5.74) is 1.86. The zero-order chi connectivity index (χ0) is 19.3. The third-order valence-corrected chi connectivity index (χ3v) is 6.81. The molecular weight excluding hydrogens is 328 g/mol. The second-order valence-corrected chi connectivity index (χ2v) is 8.39. The molecule has 1 aromatic carbocycles. The number of nitrogens with one attached hydrogen (secondary N) is 1. The van der Waals surface area contributed by atoms with Crippen molar-refractivity contribution in [1.82, 2.24) is 4.90 Å². The first-order valence-electron chi connectivity index (χ1n) is 9.37. The molecule has 0 radical (unpaired) electrons. The first-order chi connectivity index (χ1) is 12.1. The van der Waals surface area contributed by atoms with Gasteiger partial charge in [-0.3, -0.25) is 19.3 Å². The summed E-state index contributed by atoms with van der Waals surface area (Å²) in [7, 11) is 0. The summed E-state index contributed by atoms with van der Waals surface area (Å²) in [6.07, 6.45) is 2.21. The Balaban J connectivity index is 1.81. The summed E-state index contributed by atoms with van der Waals surface area (Å²) in [5, 5.41) is 2.92. The van der Waals surface area contributed by atoms with Gasteiger partial charge in [-0.1, -0.05) is 45.9 Å². The topological polar surface area (TPSA) is 66.5 Å². The molecule has 2 aliphatic rings. The maximum Gasteiger partial charge on any atom is 0.244 e. The highest BCUT2D eigenvalue weighted by atomic mass is 16.2. The second kappa shape index (κ2) is 6.22.